The number of carbonyl (C=O) groups excluding carboxylic acids is 2. The first-order valence-corrected chi connectivity index (χ1v) is 10.0. The minimum atomic E-state index is -0.246. The number of aliphatic imine (C=N–C) groups is 1. The van der Waals surface area contributed by atoms with Gasteiger partial charge >= 0.3 is 6.09 Å². The molecule has 0 aromatic heterocycles. The Hall–Kier alpha value is -1.64. The van der Waals surface area contributed by atoms with Crippen molar-refractivity contribution in [1.29, 1.82) is 0 Å². The summed E-state index contributed by atoms with van der Waals surface area (Å²) in [6.45, 7) is 4.42. The lowest BCUT2D eigenvalue weighted by atomic mass is 10.1. The van der Waals surface area contributed by atoms with Crippen LogP contribution in [0.2, 0.25) is 0 Å². The molecule has 1 aliphatic heterocycles. The van der Waals surface area contributed by atoms with E-state index in [2.05, 4.69) is 15.6 Å². The highest BCUT2D eigenvalue weighted by molar-refractivity contribution is 7.98. The Kier molecular flexibility index (Phi) is 10.1. The minimum Gasteiger partial charge on any atom is -0.450 e. The SMILES string of the molecule is CCOC(=O)N1CCC(NC(=NCC(=O)N(C)C)NCCSC)CC1. The predicted octanol–water partition coefficient (Wildman–Crippen LogP) is 0.594. The number of thioether (sulfide) groups is 1. The van der Waals surface area contributed by atoms with Crippen LogP contribution < -0.4 is 10.6 Å². The number of nitrogens with zero attached hydrogens (tertiary/aromatic N) is 3. The van der Waals surface area contributed by atoms with Crippen LogP contribution in [0.1, 0.15) is 19.8 Å². The average Bonchev–Trinajstić information content (AvgIpc) is 2.60. The first-order chi connectivity index (χ1) is 12.0. The summed E-state index contributed by atoms with van der Waals surface area (Å²) in [5.41, 5.74) is 0. The molecule has 1 saturated heterocycles. The van der Waals surface area contributed by atoms with Gasteiger partial charge in [0.25, 0.3) is 0 Å². The quantitative estimate of drug-likeness (QED) is 0.386. The second-order valence-corrected chi connectivity index (χ2v) is 6.96. The lowest BCUT2D eigenvalue weighted by Gasteiger charge is -2.32. The smallest absolute Gasteiger partial charge is 0.409 e. The van der Waals surface area contributed by atoms with Crippen molar-refractivity contribution >= 4 is 29.7 Å². The second kappa shape index (κ2) is 11.8. The Labute approximate surface area is 154 Å². The van der Waals surface area contributed by atoms with E-state index in [9.17, 15) is 9.59 Å². The molecule has 2 amide bonds. The molecule has 1 aliphatic rings. The zero-order chi connectivity index (χ0) is 18.7. The molecule has 0 bridgehead atoms. The number of rotatable bonds is 7. The molecule has 144 valence electrons. The van der Waals surface area contributed by atoms with Gasteiger partial charge in [0.1, 0.15) is 6.54 Å². The molecule has 1 rings (SSSR count). The number of likely N-dealkylation sites (N-methyl/N-ethyl adjacent to an activating group) is 1. The Morgan fingerprint density at radius 3 is 2.56 bits per heavy atom. The van der Waals surface area contributed by atoms with E-state index in [0.29, 0.717) is 25.7 Å². The fourth-order valence-corrected chi connectivity index (χ4v) is 2.63. The molecule has 2 N–H and O–H groups in total. The van der Waals surface area contributed by atoms with Gasteiger partial charge in [0, 0.05) is 45.5 Å². The summed E-state index contributed by atoms with van der Waals surface area (Å²) in [5, 5.41) is 6.64. The number of piperidine rings is 1. The largest absolute Gasteiger partial charge is 0.450 e. The summed E-state index contributed by atoms with van der Waals surface area (Å²) in [6.07, 6.45) is 3.45. The van der Waals surface area contributed by atoms with Crippen molar-refractivity contribution in [1.82, 2.24) is 20.4 Å². The molecule has 9 heteroatoms. The molecule has 0 radical (unpaired) electrons. The Morgan fingerprint density at radius 1 is 1.32 bits per heavy atom. The molecule has 0 saturated carbocycles. The molecule has 0 aromatic carbocycles. The van der Waals surface area contributed by atoms with Crippen molar-refractivity contribution < 1.29 is 14.3 Å². The minimum absolute atomic E-state index is 0.0388. The third-order valence-electron chi connectivity index (χ3n) is 3.83. The van der Waals surface area contributed by atoms with Crippen LogP contribution >= 0.6 is 11.8 Å². The summed E-state index contributed by atoms with van der Waals surface area (Å²) in [5.74, 6) is 1.57. The van der Waals surface area contributed by atoms with E-state index in [4.69, 9.17) is 4.74 Å². The summed E-state index contributed by atoms with van der Waals surface area (Å²) in [6, 6.07) is 0.223. The van der Waals surface area contributed by atoms with E-state index < -0.39 is 0 Å². The summed E-state index contributed by atoms with van der Waals surface area (Å²) in [4.78, 5) is 31.1. The van der Waals surface area contributed by atoms with E-state index in [1.54, 1.807) is 30.8 Å². The summed E-state index contributed by atoms with van der Waals surface area (Å²) in [7, 11) is 3.44. The zero-order valence-corrected chi connectivity index (χ0v) is 16.5. The van der Waals surface area contributed by atoms with E-state index in [0.717, 1.165) is 25.1 Å². The lowest BCUT2D eigenvalue weighted by Crippen LogP contribution is -2.50. The average molecular weight is 374 g/mol. The van der Waals surface area contributed by atoms with E-state index in [1.807, 2.05) is 13.2 Å². The molecule has 0 unspecified atom stereocenters. The van der Waals surface area contributed by atoms with Gasteiger partial charge < -0.3 is 25.2 Å². The van der Waals surface area contributed by atoms with Gasteiger partial charge in [-0.25, -0.2) is 9.79 Å². The maximum absolute atomic E-state index is 11.8. The van der Waals surface area contributed by atoms with Gasteiger partial charge in [0.2, 0.25) is 5.91 Å². The lowest BCUT2D eigenvalue weighted by molar-refractivity contribution is -0.127. The van der Waals surface area contributed by atoms with Gasteiger partial charge in [-0.05, 0) is 26.0 Å². The maximum Gasteiger partial charge on any atom is 0.409 e. The van der Waals surface area contributed by atoms with Crippen LogP contribution in [0.3, 0.4) is 0 Å². The Balaban J connectivity index is 2.52. The topological polar surface area (TPSA) is 86.3 Å². The molecule has 0 aliphatic carbocycles. The molecule has 8 nitrogen and oxygen atoms in total. The highest BCUT2D eigenvalue weighted by Gasteiger charge is 2.24. The monoisotopic (exact) mass is 373 g/mol. The first-order valence-electron chi connectivity index (χ1n) is 8.63. The number of ether oxygens (including phenoxy) is 1. The van der Waals surface area contributed by atoms with Crippen LogP contribution in [0.25, 0.3) is 0 Å². The highest BCUT2D eigenvalue weighted by Crippen LogP contribution is 2.11. The van der Waals surface area contributed by atoms with E-state index in [1.165, 1.54) is 4.90 Å². The van der Waals surface area contributed by atoms with Crippen molar-refractivity contribution in [2.75, 3.05) is 58.9 Å². The standard InChI is InChI=1S/C16H31N5O3S/c1-5-24-16(23)21-9-6-13(7-10-21)19-15(17-8-11-25-4)18-12-14(22)20(2)3/h13H,5-12H2,1-4H3,(H2,17,18,19). The van der Waals surface area contributed by atoms with Gasteiger partial charge in [-0.3, -0.25) is 4.79 Å². The van der Waals surface area contributed by atoms with Crippen LogP contribution in [0, 0.1) is 0 Å². The normalized spacial score (nSPS) is 15.7. The number of likely N-dealkylation sites (tertiary alicyclic amines) is 1. The summed E-state index contributed by atoms with van der Waals surface area (Å²) < 4.78 is 5.04. The molecule has 0 spiro atoms. The van der Waals surface area contributed by atoms with Crippen molar-refractivity contribution in [2.45, 2.75) is 25.8 Å². The van der Waals surface area contributed by atoms with Crippen LogP contribution in [0.15, 0.2) is 4.99 Å². The van der Waals surface area contributed by atoms with Crippen LogP contribution in [0.5, 0.6) is 0 Å². The third kappa shape index (κ3) is 8.33. The number of nitrogens with one attached hydrogen (secondary N) is 2. The molecular weight excluding hydrogens is 342 g/mol. The van der Waals surface area contributed by atoms with Crippen LogP contribution in [-0.2, 0) is 9.53 Å². The van der Waals surface area contributed by atoms with Gasteiger partial charge in [-0.1, -0.05) is 0 Å². The van der Waals surface area contributed by atoms with Gasteiger partial charge in [-0.2, -0.15) is 11.8 Å². The fourth-order valence-electron chi connectivity index (χ4n) is 2.33. The second-order valence-electron chi connectivity index (χ2n) is 5.98. The van der Waals surface area contributed by atoms with E-state index >= 15 is 0 Å². The molecule has 1 heterocycles. The van der Waals surface area contributed by atoms with Crippen molar-refractivity contribution in [3.05, 3.63) is 0 Å². The molecule has 0 atom stereocenters. The third-order valence-corrected chi connectivity index (χ3v) is 4.44. The van der Waals surface area contributed by atoms with Crippen LogP contribution in [-0.4, -0.2) is 92.7 Å². The molecule has 0 aromatic rings. The van der Waals surface area contributed by atoms with E-state index in [-0.39, 0.29) is 24.6 Å². The molecule has 1 fully saturated rings. The summed E-state index contributed by atoms with van der Waals surface area (Å²) >= 11 is 1.75. The zero-order valence-electron chi connectivity index (χ0n) is 15.7. The number of hydrogen-bond acceptors (Lipinski definition) is 5. The maximum atomic E-state index is 11.8. The predicted molar refractivity (Wildman–Crippen MR) is 102 cm³/mol. The molecule has 25 heavy (non-hydrogen) atoms. The fraction of sp³-hybridized carbons (Fsp3) is 0.812. The van der Waals surface area contributed by atoms with Crippen molar-refractivity contribution in [3.8, 4) is 0 Å². The first kappa shape index (κ1) is 21.4. The van der Waals surface area contributed by atoms with Crippen molar-refractivity contribution in [3.63, 3.8) is 0 Å². The number of guanidine groups is 1. The number of hydrogen-bond donors (Lipinski definition) is 2. The number of carbonyl (C=O) groups is 2. The van der Waals surface area contributed by atoms with Crippen molar-refractivity contribution in [2.24, 2.45) is 4.99 Å². The van der Waals surface area contributed by atoms with Gasteiger partial charge in [0.05, 0.1) is 6.61 Å². The Morgan fingerprint density at radius 2 is 2.00 bits per heavy atom. The Bertz CT molecular complexity index is 451. The number of amides is 2. The van der Waals surface area contributed by atoms with Crippen LogP contribution in [0.4, 0.5) is 4.79 Å². The molecular formula is C16H31N5O3S. The highest BCUT2D eigenvalue weighted by atomic mass is 32.2. The van der Waals surface area contributed by atoms with Gasteiger partial charge in [-0.15, -0.1) is 0 Å². The van der Waals surface area contributed by atoms with Gasteiger partial charge in [0.15, 0.2) is 5.96 Å².